The maximum Gasteiger partial charge on any atom is 0.135 e. The van der Waals surface area contributed by atoms with Gasteiger partial charge in [0.05, 0.1) is 0 Å². The van der Waals surface area contributed by atoms with E-state index < -0.39 is 0 Å². The number of ether oxygens (including phenoxy) is 1. The van der Waals surface area contributed by atoms with Crippen LogP contribution < -0.4 is 4.74 Å². The molecule has 0 fully saturated rings. The molecule has 0 unspecified atom stereocenters. The first kappa shape index (κ1) is 16.0. The third-order valence-electron chi connectivity index (χ3n) is 4.01. The van der Waals surface area contributed by atoms with Gasteiger partial charge in [-0.15, -0.1) is 0 Å². The van der Waals surface area contributed by atoms with E-state index in [0.29, 0.717) is 0 Å². The van der Waals surface area contributed by atoms with Gasteiger partial charge in [-0.25, -0.2) is 0 Å². The number of rotatable bonds is 2. The molecule has 2 heteroatoms. The summed E-state index contributed by atoms with van der Waals surface area (Å²) in [6.07, 6.45) is 0. The van der Waals surface area contributed by atoms with Gasteiger partial charge in [0.15, 0.2) is 0 Å². The molecule has 0 saturated heterocycles. The molecule has 0 radical (unpaired) electrons. The zero-order chi connectivity index (χ0) is 17.6. The Kier molecular flexibility index (Phi) is 4.66. The Bertz CT molecular complexity index is 1010. The lowest BCUT2D eigenvalue weighted by atomic mass is 10.2. The number of fused-ring (bicyclic) bond motifs is 3. The van der Waals surface area contributed by atoms with Gasteiger partial charge in [-0.3, -0.25) is 0 Å². The zero-order valence-corrected chi connectivity index (χ0v) is 14.2. The molecule has 1 aromatic heterocycles. The van der Waals surface area contributed by atoms with Crippen LogP contribution in [0.4, 0.5) is 0 Å². The SMILES string of the molecule is c1ccc(Oc2ccccc2)cc1.c1ccc2c(c1)oc1ccccc12. The van der Waals surface area contributed by atoms with Gasteiger partial charge in [-0.2, -0.15) is 0 Å². The first-order valence-electron chi connectivity index (χ1n) is 8.54. The fourth-order valence-electron chi connectivity index (χ4n) is 2.79. The number of benzene rings is 4. The highest BCUT2D eigenvalue weighted by Crippen LogP contribution is 2.27. The molecule has 0 bridgehead atoms. The lowest BCUT2D eigenvalue weighted by Crippen LogP contribution is -1.81. The molecule has 0 N–H and O–H groups in total. The van der Waals surface area contributed by atoms with Crippen molar-refractivity contribution in [2.24, 2.45) is 0 Å². The van der Waals surface area contributed by atoms with E-state index in [4.69, 9.17) is 9.15 Å². The molecule has 1 heterocycles. The highest BCUT2D eigenvalue weighted by Gasteiger charge is 2.03. The molecule has 5 rings (SSSR count). The smallest absolute Gasteiger partial charge is 0.135 e. The number of hydrogen-bond donors (Lipinski definition) is 0. The molecule has 0 amide bonds. The maximum atomic E-state index is 5.65. The van der Waals surface area contributed by atoms with Crippen molar-refractivity contribution in [1.29, 1.82) is 0 Å². The van der Waals surface area contributed by atoms with Gasteiger partial charge < -0.3 is 9.15 Å². The molecule has 0 aliphatic heterocycles. The average Bonchev–Trinajstić information content (AvgIpc) is 3.09. The predicted octanol–water partition coefficient (Wildman–Crippen LogP) is 7.06. The van der Waals surface area contributed by atoms with Crippen molar-refractivity contribution in [3.8, 4) is 11.5 Å². The lowest BCUT2D eigenvalue weighted by molar-refractivity contribution is 0.482. The minimum Gasteiger partial charge on any atom is -0.457 e. The fraction of sp³-hybridized carbons (Fsp3) is 0. The second-order valence-electron chi connectivity index (χ2n) is 5.82. The molecule has 0 aliphatic carbocycles. The Morgan fingerprint density at radius 1 is 0.423 bits per heavy atom. The summed E-state index contributed by atoms with van der Waals surface area (Å²) in [7, 11) is 0. The Morgan fingerprint density at radius 2 is 0.808 bits per heavy atom. The van der Waals surface area contributed by atoms with Crippen LogP contribution in [-0.4, -0.2) is 0 Å². The lowest BCUT2D eigenvalue weighted by Gasteiger charge is -2.03. The number of furan rings is 1. The summed E-state index contributed by atoms with van der Waals surface area (Å²) in [5.41, 5.74) is 1.92. The summed E-state index contributed by atoms with van der Waals surface area (Å²) >= 11 is 0. The average molecular weight is 338 g/mol. The molecule has 0 atom stereocenters. The van der Waals surface area contributed by atoms with Crippen molar-refractivity contribution in [3.05, 3.63) is 109 Å². The molecular formula is C24H18O2. The van der Waals surface area contributed by atoms with Gasteiger partial charge in [0, 0.05) is 10.8 Å². The molecule has 2 nitrogen and oxygen atoms in total. The molecule has 26 heavy (non-hydrogen) atoms. The number of para-hydroxylation sites is 4. The van der Waals surface area contributed by atoms with Crippen LogP contribution in [0.5, 0.6) is 11.5 Å². The molecule has 0 spiro atoms. The molecule has 0 saturated carbocycles. The van der Waals surface area contributed by atoms with E-state index in [2.05, 4.69) is 12.1 Å². The Labute approximate surface area is 152 Å². The minimum atomic E-state index is 0.869. The van der Waals surface area contributed by atoms with E-state index in [9.17, 15) is 0 Å². The van der Waals surface area contributed by atoms with Crippen molar-refractivity contribution in [2.45, 2.75) is 0 Å². The second kappa shape index (κ2) is 7.58. The van der Waals surface area contributed by atoms with Gasteiger partial charge in [0.25, 0.3) is 0 Å². The van der Waals surface area contributed by atoms with Crippen LogP contribution in [0.2, 0.25) is 0 Å². The Morgan fingerprint density at radius 3 is 1.27 bits per heavy atom. The standard InChI is InChI=1S/C12H8O.C12H10O/c1-3-7-11-9(5-1)10-6-2-4-8-12(10)13-11;1-3-7-11(8-4-1)13-12-9-5-2-6-10-12/h1-8H;1-10H. The van der Waals surface area contributed by atoms with Crippen LogP contribution in [0.25, 0.3) is 21.9 Å². The molecular weight excluding hydrogens is 320 g/mol. The van der Waals surface area contributed by atoms with Gasteiger partial charge in [0.2, 0.25) is 0 Å². The highest BCUT2D eigenvalue weighted by atomic mass is 16.5. The first-order chi connectivity index (χ1) is 12.9. The summed E-state index contributed by atoms with van der Waals surface area (Å²) in [4.78, 5) is 0. The van der Waals surface area contributed by atoms with Crippen molar-refractivity contribution in [1.82, 2.24) is 0 Å². The van der Waals surface area contributed by atoms with Gasteiger partial charge in [-0.1, -0.05) is 72.8 Å². The van der Waals surface area contributed by atoms with Crippen LogP contribution in [0.3, 0.4) is 0 Å². The van der Waals surface area contributed by atoms with Crippen LogP contribution in [0, 0.1) is 0 Å². The summed E-state index contributed by atoms with van der Waals surface area (Å²) in [5, 5.41) is 2.39. The largest absolute Gasteiger partial charge is 0.457 e. The van der Waals surface area contributed by atoms with Crippen molar-refractivity contribution in [2.75, 3.05) is 0 Å². The van der Waals surface area contributed by atoms with E-state index in [1.807, 2.05) is 97.1 Å². The van der Waals surface area contributed by atoms with Crippen LogP contribution >= 0.6 is 0 Å². The third-order valence-corrected chi connectivity index (χ3v) is 4.01. The summed E-state index contributed by atoms with van der Waals surface area (Å²) in [6.45, 7) is 0. The van der Waals surface area contributed by atoms with Gasteiger partial charge in [-0.05, 0) is 36.4 Å². The van der Waals surface area contributed by atoms with E-state index in [-0.39, 0.29) is 0 Å². The summed E-state index contributed by atoms with van der Waals surface area (Å²) < 4.78 is 11.2. The normalized spacial score (nSPS) is 10.3. The Balaban J connectivity index is 0.000000129. The quantitative estimate of drug-likeness (QED) is 0.343. The highest BCUT2D eigenvalue weighted by molar-refractivity contribution is 6.04. The predicted molar refractivity (Wildman–Crippen MR) is 107 cm³/mol. The third kappa shape index (κ3) is 3.60. The van der Waals surface area contributed by atoms with Crippen LogP contribution in [-0.2, 0) is 0 Å². The minimum absolute atomic E-state index is 0.869. The van der Waals surface area contributed by atoms with Crippen molar-refractivity contribution in [3.63, 3.8) is 0 Å². The fourth-order valence-corrected chi connectivity index (χ4v) is 2.79. The van der Waals surface area contributed by atoms with E-state index in [1.165, 1.54) is 10.8 Å². The van der Waals surface area contributed by atoms with Gasteiger partial charge >= 0.3 is 0 Å². The molecule has 5 aromatic rings. The maximum absolute atomic E-state index is 5.65. The first-order valence-corrected chi connectivity index (χ1v) is 8.54. The second-order valence-corrected chi connectivity index (χ2v) is 5.82. The molecule has 126 valence electrons. The van der Waals surface area contributed by atoms with Crippen molar-refractivity contribution < 1.29 is 9.15 Å². The zero-order valence-electron chi connectivity index (χ0n) is 14.2. The van der Waals surface area contributed by atoms with Gasteiger partial charge in [0.1, 0.15) is 22.7 Å². The molecule has 0 aliphatic rings. The Hall–Kier alpha value is -3.52. The van der Waals surface area contributed by atoms with E-state index in [1.54, 1.807) is 0 Å². The van der Waals surface area contributed by atoms with E-state index >= 15 is 0 Å². The van der Waals surface area contributed by atoms with E-state index in [0.717, 1.165) is 22.7 Å². The topological polar surface area (TPSA) is 22.4 Å². The monoisotopic (exact) mass is 338 g/mol. The van der Waals surface area contributed by atoms with Crippen LogP contribution in [0.1, 0.15) is 0 Å². The number of hydrogen-bond acceptors (Lipinski definition) is 2. The van der Waals surface area contributed by atoms with Crippen LogP contribution in [0.15, 0.2) is 114 Å². The summed E-state index contributed by atoms with van der Waals surface area (Å²) in [6, 6.07) is 35.7. The van der Waals surface area contributed by atoms with Crippen molar-refractivity contribution >= 4 is 21.9 Å². The summed E-state index contributed by atoms with van der Waals surface area (Å²) in [5.74, 6) is 1.74. The molecule has 4 aromatic carbocycles.